The van der Waals surface area contributed by atoms with Gasteiger partial charge in [0.25, 0.3) is 0 Å². The minimum absolute atomic E-state index is 0. The molecular formula is C23H45KO4S. The van der Waals surface area contributed by atoms with Crippen LogP contribution in [0.25, 0.3) is 0 Å². The standard InChI is InChI=1S/C23H46O4S.K/c1-3-5-7-9-10-11-12-13-14-15-16-17-19-21-23(20-18-8-6-4-2)22-27-28(24,25)26;/h19,21,23H,3-18,20,22H2,1-2H3,(H,24,25,26);/q;+1/p-1/b21-19+;. The summed E-state index contributed by atoms with van der Waals surface area (Å²) in [7, 11) is -4.60. The SMILES string of the molecule is CCCCCCCCCCCCC/C=C/C(CCCCCC)COS(=O)(=O)[O-].[K+]. The summed E-state index contributed by atoms with van der Waals surface area (Å²) in [5, 5.41) is 0. The van der Waals surface area contributed by atoms with Gasteiger partial charge in [-0.15, -0.1) is 0 Å². The predicted octanol–water partition coefficient (Wildman–Crippen LogP) is 4.31. The summed E-state index contributed by atoms with van der Waals surface area (Å²) < 4.78 is 36.6. The van der Waals surface area contributed by atoms with E-state index in [2.05, 4.69) is 24.1 Å². The second kappa shape index (κ2) is 23.9. The van der Waals surface area contributed by atoms with Gasteiger partial charge in [0.2, 0.25) is 10.4 Å². The van der Waals surface area contributed by atoms with Gasteiger partial charge in [0.1, 0.15) is 0 Å². The van der Waals surface area contributed by atoms with E-state index >= 15 is 0 Å². The van der Waals surface area contributed by atoms with Crippen LogP contribution in [-0.4, -0.2) is 19.6 Å². The van der Waals surface area contributed by atoms with Gasteiger partial charge in [-0.2, -0.15) is 0 Å². The summed E-state index contributed by atoms with van der Waals surface area (Å²) >= 11 is 0. The molecule has 6 heteroatoms. The average molecular weight is 457 g/mol. The largest absolute Gasteiger partial charge is 1.00 e. The van der Waals surface area contributed by atoms with Crippen molar-refractivity contribution in [1.29, 1.82) is 0 Å². The Morgan fingerprint density at radius 3 is 1.69 bits per heavy atom. The van der Waals surface area contributed by atoms with Crippen LogP contribution < -0.4 is 51.4 Å². The van der Waals surface area contributed by atoms with E-state index in [1.165, 1.54) is 83.5 Å². The molecule has 0 amide bonds. The normalized spacial score (nSPS) is 12.9. The molecule has 0 aliphatic carbocycles. The van der Waals surface area contributed by atoms with E-state index in [4.69, 9.17) is 0 Å². The second-order valence-corrected chi connectivity index (χ2v) is 9.11. The van der Waals surface area contributed by atoms with Crippen molar-refractivity contribution in [1.82, 2.24) is 0 Å². The molecule has 0 saturated heterocycles. The van der Waals surface area contributed by atoms with Crippen molar-refractivity contribution < 1.29 is 68.5 Å². The fraction of sp³-hybridized carbons (Fsp3) is 0.913. The molecule has 0 N–H and O–H groups in total. The zero-order valence-electron chi connectivity index (χ0n) is 19.5. The summed E-state index contributed by atoms with van der Waals surface area (Å²) in [6.07, 6.45) is 25.3. The second-order valence-electron chi connectivity index (χ2n) is 8.05. The Morgan fingerprint density at radius 1 is 0.759 bits per heavy atom. The molecular weight excluding hydrogens is 411 g/mol. The van der Waals surface area contributed by atoms with Crippen LogP contribution in [0, 0.1) is 5.92 Å². The van der Waals surface area contributed by atoms with Crippen LogP contribution in [0.2, 0.25) is 0 Å². The van der Waals surface area contributed by atoms with Crippen LogP contribution in [0.15, 0.2) is 12.2 Å². The molecule has 1 unspecified atom stereocenters. The van der Waals surface area contributed by atoms with Gasteiger partial charge >= 0.3 is 51.4 Å². The molecule has 0 bridgehead atoms. The van der Waals surface area contributed by atoms with Crippen LogP contribution >= 0.6 is 0 Å². The van der Waals surface area contributed by atoms with Gasteiger partial charge in [-0.05, 0) is 19.3 Å². The Hall–Kier alpha value is 1.25. The van der Waals surface area contributed by atoms with Crippen molar-refractivity contribution in [3.8, 4) is 0 Å². The van der Waals surface area contributed by atoms with Gasteiger partial charge in [-0.25, -0.2) is 8.42 Å². The van der Waals surface area contributed by atoms with E-state index in [-0.39, 0.29) is 63.9 Å². The Kier molecular flexibility index (Phi) is 26.7. The van der Waals surface area contributed by atoms with Crippen LogP contribution in [0.3, 0.4) is 0 Å². The Balaban J connectivity index is 0. The van der Waals surface area contributed by atoms with E-state index in [1.807, 2.05) is 6.08 Å². The third-order valence-corrected chi connectivity index (χ3v) is 5.66. The summed E-state index contributed by atoms with van der Waals surface area (Å²) in [5.41, 5.74) is 0. The molecule has 0 radical (unpaired) electrons. The zero-order valence-corrected chi connectivity index (χ0v) is 23.4. The van der Waals surface area contributed by atoms with Crippen LogP contribution in [0.1, 0.15) is 123 Å². The molecule has 29 heavy (non-hydrogen) atoms. The first-order valence-electron chi connectivity index (χ1n) is 11.8. The number of rotatable bonds is 21. The topological polar surface area (TPSA) is 66.4 Å². The first-order valence-corrected chi connectivity index (χ1v) is 13.1. The third-order valence-electron chi connectivity index (χ3n) is 5.24. The van der Waals surface area contributed by atoms with Crippen molar-refractivity contribution in [2.75, 3.05) is 6.61 Å². The molecule has 0 aromatic heterocycles. The van der Waals surface area contributed by atoms with Crippen LogP contribution in [-0.2, 0) is 14.6 Å². The van der Waals surface area contributed by atoms with Crippen molar-refractivity contribution in [2.24, 2.45) is 5.92 Å². The van der Waals surface area contributed by atoms with E-state index in [0.29, 0.717) is 0 Å². The van der Waals surface area contributed by atoms with E-state index < -0.39 is 10.4 Å². The minimum Gasteiger partial charge on any atom is -0.726 e. The van der Waals surface area contributed by atoms with E-state index in [1.54, 1.807) is 0 Å². The van der Waals surface area contributed by atoms with Gasteiger partial charge in [-0.3, -0.25) is 4.18 Å². The molecule has 0 aromatic carbocycles. The molecule has 0 saturated carbocycles. The molecule has 0 heterocycles. The van der Waals surface area contributed by atoms with Gasteiger partial charge < -0.3 is 4.55 Å². The first-order chi connectivity index (χ1) is 13.5. The van der Waals surface area contributed by atoms with Gasteiger partial charge in [0.05, 0.1) is 6.61 Å². The molecule has 0 fully saturated rings. The summed E-state index contributed by atoms with van der Waals surface area (Å²) in [6, 6.07) is 0. The number of hydrogen-bond acceptors (Lipinski definition) is 4. The number of unbranched alkanes of at least 4 members (excludes halogenated alkanes) is 14. The smallest absolute Gasteiger partial charge is 0.726 e. The van der Waals surface area contributed by atoms with Crippen LogP contribution in [0.5, 0.6) is 0 Å². The maximum atomic E-state index is 10.7. The molecule has 0 rings (SSSR count). The Morgan fingerprint density at radius 2 is 1.21 bits per heavy atom. The molecule has 0 spiro atoms. The number of allylic oxidation sites excluding steroid dienone is 1. The van der Waals surface area contributed by atoms with Crippen LogP contribution in [0.4, 0.5) is 0 Å². The Labute approximate surface area is 224 Å². The summed E-state index contributed by atoms with van der Waals surface area (Å²) in [5.74, 6) is 0.0216. The van der Waals surface area contributed by atoms with Crippen molar-refractivity contribution in [3.63, 3.8) is 0 Å². The molecule has 0 aromatic rings. The molecule has 0 aliphatic rings. The zero-order chi connectivity index (χ0) is 20.9. The number of hydrogen-bond donors (Lipinski definition) is 0. The predicted molar refractivity (Wildman–Crippen MR) is 118 cm³/mol. The maximum absolute atomic E-state index is 10.7. The quantitative estimate of drug-likeness (QED) is 0.0848. The van der Waals surface area contributed by atoms with Gasteiger partial charge in [-0.1, -0.05) is 116 Å². The molecule has 4 nitrogen and oxygen atoms in total. The molecule has 0 aliphatic heterocycles. The molecule has 168 valence electrons. The third kappa shape index (κ3) is 27.2. The summed E-state index contributed by atoms with van der Waals surface area (Å²) in [6.45, 7) is 4.40. The van der Waals surface area contributed by atoms with Gasteiger partial charge in [0.15, 0.2) is 0 Å². The van der Waals surface area contributed by atoms with Crippen molar-refractivity contribution in [3.05, 3.63) is 12.2 Å². The fourth-order valence-corrected chi connectivity index (χ4v) is 3.80. The monoisotopic (exact) mass is 456 g/mol. The fourth-order valence-electron chi connectivity index (χ4n) is 3.45. The average Bonchev–Trinajstić information content (AvgIpc) is 2.65. The summed E-state index contributed by atoms with van der Waals surface area (Å²) in [4.78, 5) is 0. The Bertz CT molecular complexity index is 452. The maximum Gasteiger partial charge on any atom is 1.00 e. The van der Waals surface area contributed by atoms with Crippen molar-refractivity contribution >= 4 is 10.4 Å². The van der Waals surface area contributed by atoms with E-state index in [9.17, 15) is 13.0 Å². The van der Waals surface area contributed by atoms with Crippen molar-refractivity contribution in [2.45, 2.75) is 123 Å². The first kappa shape index (κ1) is 32.4. The molecule has 1 atom stereocenters. The van der Waals surface area contributed by atoms with Gasteiger partial charge in [0, 0.05) is 5.92 Å². The van der Waals surface area contributed by atoms with E-state index in [0.717, 1.165) is 25.7 Å². The minimum atomic E-state index is -4.60.